The number of carbonyl (C=O) groups is 1. The van der Waals surface area contributed by atoms with Crippen LogP contribution in [0.3, 0.4) is 0 Å². The van der Waals surface area contributed by atoms with E-state index in [2.05, 4.69) is 71.9 Å². The van der Waals surface area contributed by atoms with Crippen LogP contribution >= 0.6 is 0 Å². The molecule has 0 unspecified atom stereocenters. The molecule has 0 amide bonds. The van der Waals surface area contributed by atoms with Gasteiger partial charge in [-0.05, 0) is 118 Å². The van der Waals surface area contributed by atoms with Crippen molar-refractivity contribution in [1.82, 2.24) is 0 Å². The summed E-state index contributed by atoms with van der Waals surface area (Å²) in [6.07, 6.45) is 26.1. The highest BCUT2D eigenvalue weighted by Crippen LogP contribution is 2.14. The highest BCUT2D eigenvalue weighted by molar-refractivity contribution is 5.71. The van der Waals surface area contributed by atoms with Crippen LogP contribution in [-0.2, 0) is 4.79 Å². The largest absolute Gasteiger partial charge is 0.298 e. The summed E-state index contributed by atoms with van der Waals surface area (Å²) < 4.78 is 0. The summed E-state index contributed by atoms with van der Waals surface area (Å²) in [6.45, 7) is 15.2. The van der Waals surface area contributed by atoms with Gasteiger partial charge in [0, 0.05) is 0 Å². The zero-order valence-electron chi connectivity index (χ0n) is 21.5. The lowest BCUT2D eigenvalue weighted by Crippen LogP contribution is -1.82. The summed E-state index contributed by atoms with van der Waals surface area (Å²) in [6, 6.07) is 0. The van der Waals surface area contributed by atoms with Crippen LogP contribution in [-0.4, -0.2) is 6.29 Å². The Balaban J connectivity index is 4.08. The lowest BCUT2D eigenvalue weighted by molar-refractivity contribution is -0.104. The first-order chi connectivity index (χ1) is 14.7. The summed E-state index contributed by atoms with van der Waals surface area (Å²) in [5.41, 5.74) is 8.18. The van der Waals surface area contributed by atoms with Crippen molar-refractivity contribution in [3.8, 4) is 0 Å². The van der Waals surface area contributed by atoms with E-state index in [0.717, 1.165) is 56.8 Å². The SMILES string of the molecule is CC(C)=CCC/C(C)=C\CC/C(C)=C/CC/C=C(\C)CC/C=C(\C)CC/C=C(\C)C=O. The van der Waals surface area contributed by atoms with Crippen LogP contribution in [0, 0.1) is 0 Å². The topological polar surface area (TPSA) is 17.1 Å². The number of allylic oxidation sites excluding steroid dienone is 12. The van der Waals surface area contributed by atoms with Crippen molar-refractivity contribution in [2.24, 2.45) is 0 Å². The monoisotopic (exact) mass is 424 g/mol. The standard InChI is InChI=1S/C30H48O/c1-25(2)14-10-17-28(5)20-11-18-26(3)15-8-9-16-27(4)19-12-21-29(6)22-13-23-30(7)24-31/h14-16,20-21,23-24H,8-13,17-19,22H2,1-7H3/b26-15+,27-16+,28-20-,29-21+,30-23+. The van der Waals surface area contributed by atoms with Crippen molar-refractivity contribution in [2.45, 2.75) is 113 Å². The molecular formula is C30H48O. The minimum absolute atomic E-state index is 0.831. The van der Waals surface area contributed by atoms with Gasteiger partial charge in [0.05, 0.1) is 0 Å². The smallest absolute Gasteiger partial charge is 0.145 e. The highest BCUT2D eigenvalue weighted by atomic mass is 16.1. The van der Waals surface area contributed by atoms with Crippen molar-refractivity contribution in [3.63, 3.8) is 0 Å². The highest BCUT2D eigenvalue weighted by Gasteiger charge is 1.94. The normalized spacial score (nSPS) is 14.1. The Morgan fingerprint density at radius 2 is 0.774 bits per heavy atom. The molecule has 0 aromatic heterocycles. The van der Waals surface area contributed by atoms with E-state index >= 15 is 0 Å². The maximum atomic E-state index is 10.6. The van der Waals surface area contributed by atoms with Crippen LogP contribution in [0.4, 0.5) is 0 Å². The molecule has 0 aliphatic rings. The van der Waals surface area contributed by atoms with Gasteiger partial charge in [-0.1, -0.05) is 64.3 Å². The summed E-state index contributed by atoms with van der Waals surface area (Å²) in [4.78, 5) is 10.6. The number of aldehydes is 1. The molecule has 0 aliphatic carbocycles. The van der Waals surface area contributed by atoms with Crippen molar-refractivity contribution in [2.75, 3.05) is 0 Å². The lowest BCUT2D eigenvalue weighted by atomic mass is 10.0. The van der Waals surface area contributed by atoms with Gasteiger partial charge in [-0.25, -0.2) is 0 Å². The molecule has 0 aromatic carbocycles. The summed E-state index contributed by atoms with van der Waals surface area (Å²) in [7, 11) is 0. The summed E-state index contributed by atoms with van der Waals surface area (Å²) >= 11 is 0. The van der Waals surface area contributed by atoms with Gasteiger partial charge in [0.15, 0.2) is 0 Å². The molecule has 0 saturated carbocycles. The molecule has 1 heteroatoms. The Morgan fingerprint density at radius 1 is 0.452 bits per heavy atom. The van der Waals surface area contributed by atoms with Gasteiger partial charge >= 0.3 is 0 Å². The van der Waals surface area contributed by atoms with E-state index in [1.165, 1.54) is 47.1 Å². The van der Waals surface area contributed by atoms with Crippen molar-refractivity contribution < 1.29 is 4.79 Å². The molecule has 31 heavy (non-hydrogen) atoms. The maximum Gasteiger partial charge on any atom is 0.145 e. The van der Waals surface area contributed by atoms with Crippen LogP contribution in [0.15, 0.2) is 69.9 Å². The molecule has 0 N–H and O–H groups in total. The van der Waals surface area contributed by atoms with Crippen LogP contribution < -0.4 is 0 Å². The molecule has 0 heterocycles. The lowest BCUT2D eigenvalue weighted by Gasteiger charge is -2.02. The van der Waals surface area contributed by atoms with Gasteiger partial charge < -0.3 is 0 Å². The quantitative estimate of drug-likeness (QED) is 0.104. The van der Waals surface area contributed by atoms with Crippen LogP contribution in [0.5, 0.6) is 0 Å². The molecule has 0 saturated heterocycles. The Hall–Kier alpha value is -1.89. The Bertz CT molecular complexity index is 688. The van der Waals surface area contributed by atoms with Gasteiger partial charge in [0.2, 0.25) is 0 Å². The third-order valence-electron chi connectivity index (χ3n) is 5.50. The van der Waals surface area contributed by atoms with Crippen LogP contribution in [0.25, 0.3) is 0 Å². The first-order valence-electron chi connectivity index (χ1n) is 12.1. The van der Waals surface area contributed by atoms with Gasteiger partial charge in [-0.2, -0.15) is 0 Å². The summed E-state index contributed by atoms with van der Waals surface area (Å²) in [5, 5.41) is 0. The van der Waals surface area contributed by atoms with Gasteiger partial charge in [-0.3, -0.25) is 4.79 Å². The number of carbonyl (C=O) groups excluding carboxylic acids is 1. The fourth-order valence-corrected chi connectivity index (χ4v) is 3.32. The Labute approximate surface area is 193 Å². The van der Waals surface area contributed by atoms with E-state index < -0.39 is 0 Å². The average Bonchev–Trinajstić information content (AvgIpc) is 2.70. The second kappa shape index (κ2) is 18.8. The molecule has 0 aromatic rings. The van der Waals surface area contributed by atoms with E-state index in [4.69, 9.17) is 0 Å². The Morgan fingerprint density at radius 3 is 1.13 bits per heavy atom. The van der Waals surface area contributed by atoms with Crippen LogP contribution in [0.2, 0.25) is 0 Å². The van der Waals surface area contributed by atoms with E-state index in [9.17, 15) is 4.79 Å². The maximum absolute atomic E-state index is 10.6. The number of hydrogen-bond acceptors (Lipinski definition) is 1. The van der Waals surface area contributed by atoms with Crippen molar-refractivity contribution >= 4 is 6.29 Å². The minimum atomic E-state index is 0.831. The molecule has 174 valence electrons. The summed E-state index contributed by atoms with van der Waals surface area (Å²) in [5.74, 6) is 0. The number of rotatable bonds is 16. The molecule has 0 fully saturated rings. The van der Waals surface area contributed by atoms with Gasteiger partial charge in [0.25, 0.3) is 0 Å². The predicted octanol–water partition coefficient (Wildman–Crippen LogP) is 9.78. The van der Waals surface area contributed by atoms with Crippen molar-refractivity contribution in [3.05, 3.63) is 69.9 Å². The molecular weight excluding hydrogens is 376 g/mol. The molecule has 0 spiro atoms. The predicted molar refractivity (Wildman–Crippen MR) is 140 cm³/mol. The molecule has 1 nitrogen and oxygen atoms in total. The first kappa shape index (κ1) is 29.1. The van der Waals surface area contributed by atoms with Gasteiger partial charge in [-0.15, -0.1) is 0 Å². The molecule has 0 atom stereocenters. The molecule has 0 rings (SSSR count). The second-order valence-corrected chi connectivity index (χ2v) is 9.28. The Kier molecular flexibility index (Phi) is 17.7. The zero-order valence-corrected chi connectivity index (χ0v) is 21.5. The average molecular weight is 425 g/mol. The molecule has 0 radical (unpaired) electrons. The number of unbranched alkanes of at least 4 members (excludes halogenated alkanes) is 1. The van der Waals surface area contributed by atoms with Crippen molar-refractivity contribution in [1.29, 1.82) is 0 Å². The van der Waals surface area contributed by atoms with E-state index in [-0.39, 0.29) is 0 Å². The fraction of sp³-hybridized carbons (Fsp3) is 0.567. The zero-order chi connectivity index (χ0) is 23.5. The third-order valence-corrected chi connectivity index (χ3v) is 5.50. The number of hydrogen-bond donors (Lipinski definition) is 0. The van der Waals surface area contributed by atoms with E-state index in [1.54, 1.807) is 0 Å². The van der Waals surface area contributed by atoms with E-state index in [1.807, 2.05) is 13.0 Å². The molecule has 0 bridgehead atoms. The van der Waals surface area contributed by atoms with E-state index in [0.29, 0.717) is 0 Å². The first-order valence-corrected chi connectivity index (χ1v) is 12.1. The minimum Gasteiger partial charge on any atom is -0.298 e. The second-order valence-electron chi connectivity index (χ2n) is 9.28. The fourth-order valence-electron chi connectivity index (χ4n) is 3.32. The third kappa shape index (κ3) is 19.8. The van der Waals surface area contributed by atoms with Crippen LogP contribution in [0.1, 0.15) is 113 Å². The van der Waals surface area contributed by atoms with Gasteiger partial charge in [0.1, 0.15) is 6.29 Å². The molecule has 0 aliphatic heterocycles.